The topological polar surface area (TPSA) is 58.4 Å². The molecule has 0 aliphatic heterocycles. The Bertz CT molecular complexity index is 223. The fourth-order valence-corrected chi connectivity index (χ4v) is 1.98. The zero-order valence-corrected chi connectivity index (χ0v) is 12.0. The van der Waals surface area contributed by atoms with Gasteiger partial charge < -0.3 is 16.0 Å². The van der Waals surface area contributed by atoms with Crippen LogP contribution >= 0.6 is 0 Å². The molecule has 4 heteroatoms. The summed E-state index contributed by atoms with van der Waals surface area (Å²) in [6.07, 6.45) is 1.51. The van der Waals surface area contributed by atoms with Crippen LogP contribution in [0.2, 0.25) is 0 Å². The molecule has 0 radical (unpaired) electrons. The van der Waals surface area contributed by atoms with Crippen molar-refractivity contribution < 1.29 is 4.79 Å². The van der Waals surface area contributed by atoms with Gasteiger partial charge in [-0.1, -0.05) is 27.2 Å². The zero-order chi connectivity index (χ0) is 13.5. The number of hydrogen-bond donors (Lipinski definition) is 2. The van der Waals surface area contributed by atoms with Gasteiger partial charge in [0.25, 0.3) is 0 Å². The third-order valence-corrected chi connectivity index (χ3v) is 2.89. The van der Waals surface area contributed by atoms with E-state index in [0.29, 0.717) is 25.4 Å². The minimum Gasteiger partial charge on any atom is -0.356 e. The summed E-state index contributed by atoms with van der Waals surface area (Å²) in [5.74, 6) is 0.432. The highest BCUT2D eigenvalue weighted by molar-refractivity contribution is 5.76. The lowest BCUT2D eigenvalue weighted by atomic mass is 9.92. The molecule has 0 saturated heterocycles. The standard InChI is InChI=1S/C13H29N3O/c1-6-11(8-14)7-12(17)15-9-13(2,3)10-16(4)5/h11H,6-10,14H2,1-5H3,(H,15,17). The Hall–Kier alpha value is -0.610. The minimum atomic E-state index is 0.101. The molecule has 1 unspecified atom stereocenters. The van der Waals surface area contributed by atoms with Crippen LogP contribution in [0.25, 0.3) is 0 Å². The molecule has 0 aliphatic rings. The molecule has 0 aromatic carbocycles. The van der Waals surface area contributed by atoms with Gasteiger partial charge in [0.05, 0.1) is 0 Å². The molecule has 102 valence electrons. The Balaban J connectivity index is 3.98. The van der Waals surface area contributed by atoms with Gasteiger partial charge in [-0.15, -0.1) is 0 Å². The summed E-state index contributed by atoms with van der Waals surface area (Å²) >= 11 is 0. The first-order chi connectivity index (χ1) is 7.80. The van der Waals surface area contributed by atoms with Crippen molar-refractivity contribution in [3.05, 3.63) is 0 Å². The maximum absolute atomic E-state index is 11.7. The monoisotopic (exact) mass is 243 g/mol. The second-order valence-electron chi connectivity index (χ2n) is 5.89. The lowest BCUT2D eigenvalue weighted by Gasteiger charge is -2.28. The Morgan fingerprint density at radius 2 is 2.00 bits per heavy atom. The lowest BCUT2D eigenvalue weighted by Crippen LogP contribution is -2.40. The second kappa shape index (κ2) is 7.67. The number of carbonyl (C=O) groups excluding carboxylic acids is 1. The van der Waals surface area contributed by atoms with Gasteiger partial charge in [-0.05, 0) is 32.0 Å². The molecule has 3 N–H and O–H groups in total. The van der Waals surface area contributed by atoms with E-state index in [1.165, 1.54) is 0 Å². The summed E-state index contributed by atoms with van der Waals surface area (Å²) in [7, 11) is 4.09. The van der Waals surface area contributed by atoms with Crippen LogP contribution in [0.3, 0.4) is 0 Å². The van der Waals surface area contributed by atoms with Crippen molar-refractivity contribution in [2.75, 3.05) is 33.7 Å². The highest BCUT2D eigenvalue weighted by Crippen LogP contribution is 2.14. The van der Waals surface area contributed by atoms with E-state index in [9.17, 15) is 4.79 Å². The van der Waals surface area contributed by atoms with Crippen LogP contribution in [0.4, 0.5) is 0 Å². The van der Waals surface area contributed by atoms with E-state index >= 15 is 0 Å². The zero-order valence-electron chi connectivity index (χ0n) is 12.0. The Labute approximate surface area is 106 Å². The average molecular weight is 243 g/mol. The smallest absolute Gasteiger partial charge is 0.220 e. The van der Waals surface area contributed by atoms with Gasteiger partial charge in [0.15, 0.2) is 0 Å². The molecule has 1 atom stereocenters. The van der Waals surface area contributed by atoms with Gasteiger partial charge in [-0.2, -0.15) is 0 Å². The summed E-state index contributed by atoms with van der Waals surface area (Å²) in [5.41, 5.74) is 5.69. The van der Waals surface area contributed by atoms with E-state index in [2.05, 4.69) is 31.0 Å². The molecule has 0 aromatic heterocycles. The van der Waals surface area contributed by atoms with Crippen molar-refractivity contribution >= 4 is 5.91 Å². The van der Waals surface area contributed by atoms with E-state index in [1.54, 1.807) is 0 Å². The first kappa shape index (κ1) is 16.4. The number of nitrogens with zero attached hydrogens (tertiary/aromatic N) is 1. The van der Waals surface area contributed by atoms with Crippen LogP contribution in [0.5, 0.6) is 0 Å². The van der Waals surface area contributed by atoms with Crippen molar-refractivity contribution in [2.24, 2.45) is 17.1 Å². The average Bonchev–Trinajstić information content (AvgIpc) is 2.21. The largest absolute Gasteiger partial charge is 0.356 e. The third kappa shape index (κ3) is 8.16. The minimum absolute atomic E-state index is 0.101. The predicted molar refractivity (Wildman–Crippen MR) is 72.8 cm³/mol. The van der Waals surface area contributed by atoms with E-state index in [-0.39, 0.29) is 11.3 Å². The van der Waals surface area contributed by atoms with Gasteiger partial charge in [0.1, 0.15) is 0 Å². The normalized spacial score (nSPS) is 13.8. The van der Waals surface area contributed by atoms with Crippen molar-refractivity contribution in [2.45, 2.75) is 33.6 Å². The SMILES string of the molecule is CCC(CN)CC(=O)NCC(C)(C)CN(C)C. The summed E-state index contributed by atoms with van der Waals surface area (Å²) in [6.45, 7) is 8.65. The van der Waals surface area contributed by atoms with Crippen LogP contribution in [0.1, 0.15) is 33.6 Å². The Morgan fingerprint density at radius 3 is 2.41 bits per heavy atom. The molecule has 0 aliphatic carbocycles. The van der Waals surface area contributed by atoms with Gasteiger partial charge in [0, 0.05) is 19.5 Å². The molecule has 1 amide bonds. The highest BCUT2D eigenvalue weighted by Gasteiger charge is 2.20. The maximum Gasteiger partial charge on any atom is 0.220 e. The van der Waals surface area contributed by atoms with Crippen LogP contribution in [0.15, 0.2) is 0 Å². The van der Waals surface area contributed by atoms with Gasteiger partial charge in [-0.25, -0.2) is 0 Å². The molecule has 4 nitrogen and oxygen atoms in total. The molecule has 0 spiro atoms. The number of nitrogens with one attached hydrogen (secondary N) is 1. The van der Waals surface area contributed by atoms with Gasteiger partial charge >= 0.3 is 0 Å². The fraction of sp³-hybridized carbons (Fsp3) is 0.923. The second-order valence-corrected chi connectivity index (χ2v) is 5.89. The van der Waals surface area contributed by atoms with Crippen molar-refractivity contribution in [1.29, 1.82) is 0 Å². The third-order valence-electron chi connectivity index (χ3n) is 2.89. The highest BCUT2D eigenvalue weighted by atomic mass is 16.1. The summed E-state index contributed by atoms with van der Waals surface area (Å²) in [6, 6.07) is 0. The Kier molecular flexibility index (Phi) is 7.39. The molecule has 0 fully saturated rings. The maximum atomic E-state index is 11.7. The van der Waals surface area contributed by atoms with E-state index in [0.717, 1.165) is 13.0 Å². The van der Waals surface area contributed by atoms with E-state index in [1.807, 2.05) is 14.1 Å². The van der Waals surface area contributed by atoms with Crippen molar-refractivity contribution in [1.82, 2.24) is 10.2 Å². The summed E-state index contributed by atoms with van der Waals surface area (Å²) < 4.78 is 0. The van der Waals surface area contributed by atoms with Crippen LogP contribution in [-0.2, 0) is 4.79 Å². The summed E-state index contributed by atoms with van der Waals surface area (Å²) in [5, 5.41) is 3.01. The summed E-state index contributed by atoms with van der Waals surface area (Å²) in [4.78, 5) is 13.9. The number of nitrogens with two attached hydrogens (primary N) is 1. The molecule has 0 aromatic rings. The molecule has 0 heterocycles. The molecule has 0 saturated carbocycles. The van der Waals surface area contributed by atoms with Gasteiger partial charge in [-0.3, -0.25) is 4.79 Å². The molecular formula is C13H29N3O. The van der Waals surface area contributed by atoms with Crippen molar-refractivity contribution in [3.63, 3.8) is 0 Å². The lowest BCUT2D eigenvalue weighted by molar-refractivity contribution is -0.122. The van der Waals surface area contributed by atoms with E-state index in [4.69, 9.17) is 5.73 Å². The van der Waals surface area contributed by atoms with Crippen molar-refractivity contribution in [3.8, 4) is 0 Å². The number of carbonyl (C=O) groups is 1. The van der Waals surface area contributed by atoms with E-state index < -0.39 is 0 Å². The van der Waals surface area contributed by atoms with Crippen LogP contribution in [0, 0.1) is 11.3 Å². The predicted octanol–water partition coefficient (Wildman–Crippen LogP) is 1.07. The molecule has 0 bridgehead atoms. The van der Waals surface area contributed by atoms with Crippen LogP contribution in [-0.4, -0.2) is 44.5 Å². The first-order valence-corrected chi connectivity index (χ1v) is 6.42. The molecular weight excluding hydrogens is 214 g/mol. The number of rotatable bonds is 8. The first-order valence-electron chi connectivity index (χ1n) is 6.42. The number of amides is 1. The van der Waals surface area contributed by atoms with Gasteiger partial charge in [0.2, 0.25) is 5.91 Å². The molecule has 0 rings (SSSR count). The quantitative estimate of drug-likeness (QED) is 0.670. The molecule has 17 heavy (non-hydrogen) atoms. The Morgan fingerprint density at radius 1 is 1.41 bits per heavy atom. The number of hydrogen-bond acceptors (Lipinski definition) is 3. The van der Waals surface area contributed by atoms with Crippen LogP contribution < -0.4 is 11.1 Å². The fourth-order valence-electron chi connectivity index (χ4n) is 1.98.